The lowest BCUT2D eigenvalue weighted by atomic mass is 10.00. The van der Waals surface area contributed by atoms with Gasteiger partial charge in [0.05, 0.1) is 25.4 Å². The molecule has 1 rings (SSSR count). The third-order valence-corrected chi connectivity index (χ3v) is 7.88. The molecule has 0 radical (unpaired) electrons. The van der Waals surface area contributed by atoms with Crippen LogP contribution in [0.5, 0.6) is 0 Å². The molecule has 1 aromatic carbocycles. The molecule has 0 heterocycles. The van der Waals surface area contributed by atoms with E-state index in [0.29, 0.717) is 26.2 Å². The van der Waals surface area contributed by atoms with Crippen molar-refractivity contribution in [3.63, 3.8) is 0 Å². The van der Waals surface area contributed by atoms with Gasteiger partial charge in [0.15, 0.2) is 5.78 Å². The fraction of sp³-hybridized carbons (Fsp3) is 0.778. The molecule has 236 valence electrons. The number of Topliss-reactive ketones (excluding diaryl/α,β-unsaturated/α-hetero) is 1. The number of ether oxygens (including phenoxy) is 3. The van der Waals surface area contributed by atoms with Crippen molar-refractivity contribution >= 4 is 11.8 Å². The van der Waals surface area contributed by atoms with Gasteiger partial charge in [-0.05, 0) is 46.1 Å². The SMILES string of the molecule is CCCCCCCCCCCCCCCCCCOC(=O)CC(=O)C(C)(C)OCCC(C)(C)OCc1ccccc1. The Kier molecular flexibility index (Phi) is 20.8. The lowest BCUT2D eigenvalue weighted by Crippen LogP contribution is -2.38. The molecule has 0 spiro atoms. The lowest BCUT2D eigenvalue weighted by molar-refractivity contribution is -0.154. The van der Waals surface area contributed by atoms with E-state index in [2.05, 4.69) is 6.92 Å². The van der Waals surface area contributed by atoms with E-state index in [0.717, 1.165) is 18.4 Å². The molecule has 0 bridgehead atoms. The molecule has 5 heteroatoms. The van der Waals surface area contributed by atoms with Crippen LogP contribution in [0.3, 0.4) is 0 Å². The number of benzene rings is 1. The number of carbonyl (C=O) groups excluding carboxylic acids is 2. The van der Waals surface area contributed by atoms with Crippen molar-refractivity contribution in [3.8, 4) is 0 Å². The van der Waals surface area contributed by atoms with Gasteiger partial charge < -0.3 is 14.2 Å². The number of carbonyl (C=O) groups is 2. The summed E-state index contributed by atoms with van der Waals surface area (Å²) < 4.78 is 17.2. The number of hydrogen-bond acceptors (Lipinski definition) is 5. The summed E-state index contributed by atoms with van der Waals surface area (Å²) in [6.45, 7) is 11.0. The topological polar surface area (TPSA) is 61.8 Å². The van der Waals surface area contributed by atoms with Gasteiger partial charge >= 0.3 is 5.97 Å². The average molecular weight is 575 g/mol. The fourth-order valence-electron chi connectivity index (χ4n) is 4.79. The Morgan fingerprint density at radius 1 is 0.634 bits per heavy atom. The van der Waals surface area contributed by atoms with Crippen LogP contribution in [0.25, 0.3) is 0 Å². The number of hydrogen-bond donors (Lipinski definition) is 0. The molecule has 0 saturated heterocycles. The Bertz CT molecular complexity index is 786. The number of ketones is 1. The highest BCUT2D eigenvalue weighted by Gasteiger charge is 2.31. The van der Waals surface area contributed by atoms with E-state index >= 15 is 0 Å². The molecule has 0 aliphatic heterocycles. The van der Waals surface area contributed by atoms with Gasteiger partial charge in [-0.15, -0.1) is 0 Å². The van der Waals surface area contributed by atoms with E-state index in [1.54, 1.807) is 13.8 Å². The highest BCUT2D eigenvalue weighted by atomic mass is 16.5. The third kappa shape index (κ3) is 20.7. The molecule has 0 unspecified atom stereocenters. The molecule has 0 N–H and O–H groups in total. The van der Waals surface area contributed by atoms with Crippen molar-refractivity contribution in [1.29, 1.82) is 0 Å². The second-order valence-corrected chi connectivity index (χ2v) is 12.8. The van der Waals surface area contributed by atoms with Crippen LogP contribution in [0.15, 0.2) is 30.3 Å². The Morgan fingerprint density at radius 3 is 1.63 bits per heavy atom. The van der Waals surface area contributed by atoms with Gasteiger partial charge in [0.2, 0.25) is 0 Å². The smallest absolute Gasteiger partial charge is 0.313 e. The summed E-state index contributed by atoms with van der Waals surface area (Å²) >= 11 is 0. The normalized spacial score (nSPS) is 12.0. The van der Waals surface area contributed by atoms with E-state index in [4.69, 9.17) is 14.2 Å². The van der Waals surface area contributed by atoms with Gasteiger partial charge in [0.25, 0.3) is 0 Å². The van der Waals surface area contributed by atoms with Crippen LogP contribution in [-0.4, -0.2) is 36.2 Å². The van der Waals surface area contributed by atoms with Crippen molar-refractivity contribution in [2.24, 2.45) is 0 Å². The summed E-state index contributed by atoms with van der Waals surface area (Å²) in [5, 5.41) is 0. The van der Waals surface area contributed by atoms with E-state index < -0.39 is 11.6 Å². The minimum atomic E-state index is -1.04. The summed E-state index contributed by atoms with van der Waals surface area (Å²) in [6, 6.07) is 10.0. The fourth-order valence-corrected chi connectivity index (χ4v) is 4.79. The Hall–Kier alpha value is -1.72. The molecule has 41 heavy (non-hydrogen) atoms. The van der Waals surface area contributed by atoms with Crippen molar-refractivity contribution in [1.82, 2.24) is 0 Å². The molecule has 0 atom stereocenters. The number of unbranched alkanes of at least 4 members (excludes halogenated alkanes) is 15. The zero-order valence-electron chi connectivity index (χ0n) is 27.3. The predicted octanol–water partition coefficient (Wildman–Crippen LogP) is 9.93. The van der Waals surface area contributed by atoms with Crippen LogP contribution < -0.4 is 0 Å². The predicted molar refractivity (Wildman–Crippen MR) is 170 cm³/mol. The zero-order valence-corrected chi connectivity index (χ0v) is 27.3. The van der Waals surface area contributed by atoms with Crippen LogP contribution in [0, 0.1) is 0 Å². The van der Waals surface area contributed by atoms with Gasteiger partial charge in [-0.2, -0.15) is 0 Å². The summed E-state index contributed by atoms with van der Waals surface area (Å²) in [5.41, 5.74) is -0.306. The Labute approximate surface area is 252 Å². The first-order valence-electron chi connectivity index (χ1n) is 16.7. The van der Waals surface area contributed by atoms with E-state index in [9.17, 15) is 9.59 Å². The quantitative estimate of drug-likeness (QED) is 0.0594. The van der Waals surface area contributed by atoms with Crippen molar-refractivity contribution in [2.75, 3.05) is 13.2 Å². The summed E-state index contributed by atoms with van der Waals surface area (Å²) in [4.78, 5) is 24.9. The van der Waals surface area contributed by atoms with Crippen LogP contribution in [0.4, 0.5) is 0 Å². The first-order chi connectivity index (χ1) is 19.7. The maximum absolute atomic E-state index is 12.7. The maximum atomic E-state index is 12.7. The Balaban J connectivity index is 2.00. The molecule has 0 saturated carbocycles. The molecule has 1 aromatic rings. The van der Waals surface area contributed by atoms with Gasteiger partial charge in [0.1, 0.15) is 12.0 Å². The first kappa shape index (κ1) is 37.3. The zero-order chi connectivity index (χ0) is 30.2. The third-order valence-electron chi connectivity index (χ3n) is 7.88. The minimum absolute atomic E-state index is 0.250. The average Bonchev–Trinajstić information content (AvgIpc) is 2.94. The van der Waals surface area contributed by atoms with Crippen LogP contribution in [-0.2, 0) is 30.4 Å². The molecular weight excluding hydrogens is 512 g/mol. The first-order valence-corrected chi connectivity index (χ1v) is 16.7. The van der Waals surface area contributed by atoms with Gasteiger partial charge in [-0.25, -0.2) is 0 Å². The van der Waals surface area contributed by atoms with Crippen molar-refractivity contribution in [2.45, 2.75) is 168 Å². The molecule has 5 nitrogen and oxygen atoms in total. The summed E-state index contributed by atoms with van der Waals surface area (Å²) in [6.07, 6.45) is 21.3. The van der Waals surface area contributed by atoms with Crippen LogP contribution in [0.2, 0.25) is 0 Å². The second kappa shape index (κ2) is 22.8. The monoisotopic (exact) mass is 574 g/mol. The standard InChI is InChI=1S/C36H62O5/c1-6-7-8-9-10-11-12-13-14-15-16-17-18-19-20-24-28-39-34(38)30-33(37)36(4,5)40-29-27-35(2,3)41-31-32-25-22-21-23-26-32/h21-23,25-26H,6-20,24,27-31H2,1-5H3. The van der Waals surface area contributed by atoms with E-state index in [-0.39, 0.29) is 17.8 Å². The number of esters is 1. The highest BCUT2D eigenvalue weighted by molar-refractivity contribution is 5.99. The molecule has 0 aliphatic carbocycles. The van der Waals surface area contributed by atoms with Crippen molar-refractivity contribution < 1.29 is 23.8 Å². The number of rotatable bonds is 27. The maximum Gasteiger partial charge on any atom is 0.313 e. The molecule has 0 aliphatic rings. The molecule has 0 fully saturated rings. The second-order valence-electron chi connectivity index (χ2n) is 12.8. The van der Waals surface area contributed by atoms with Gasteiger partial charge in [-0.3, -0.25) is 9.59 Å². The van der Waals surface area contributed by atoms with Gasteiger partial charge in [0, 0.05) is 0 Å². The summed E-state index contributed by atoms with van der Waals surface area (Å²) in [7, 11) is 0. The lowest BCUT2D eigenvalue weighted by Gasteiger charge is -2.29. The van der Waals surface area contributed by atoms with Crippen molar-refractivity contribution in [3.05, 3.63) is 35.9 Å². The molecule has 0 amide bonds. The largest absolute Gasteiger partial charge is 0.465 e. The van der Waals surface area contributed by atoms with E-state index in [1.165, 1.54) is 89.9 Å². The molecule has 0 aromatic heterocycles. The van der Waals surface area contributed by atoms with Crippen LogP contribution in [0.1, 0.15) is 156 Å². The molecular formula is C36H62O5. The van der Waals surface area contributed by atoms with Gasteiger partial charge in [-0.1, -0.05) is 134 Å². The van der Waals surface area contributed by atoms with Crippen LogP contribution >= 0.6 is 0 Å². The highest BCUT2D eigenvalue weighted by Crippen LogP contribution is 2.21. The summed E-state index contributed by atoms with van der Waals surface area (Å²) in [5.74, 6) is -0.711. The Morgan fingerprint density at radius 2 is 1.12 bits per heavy atom. The van der Waals surface area contributed by atoms with E-state index in [1.807, 2.05) is 44.2 Å². The minimum Gasteiger partial charge on any atom is -0.465 e.